The smallest absolute Gasteiger partial charge is 0.185 e. The van der Waals surface area contributed by atoms with Crippen molar-refractivity contribution < 1.29 is 4.79 Å². The molecular weight excluding hydrogens is 306 g/mol. The summed E-state index contributed by atoms with van der Waals surface area (Å²) in [5.41, 5.74) is 5.04. The van der Waals surface area contributed by atoms with Crippen LogP contribution in [0.5, 0.6) is 0 Å². The molecule has 0 saturated heterocycles. The van der Waals surface area contributed by atoms with Gasteiger partial charge in [0, 0.05) is 22.7 Å². The first-order valence-corrected chi connectivity index (χ1v) is 8.25. The van der Waals surface area contributed by atoms with Gasteiger partial charge < -0.3 is 4.98 Å². The van der Waals surface area contributed by atoms with Crippen molar-refractivity contribution in [3.8, 4) is 11.1 Å². The van der Waals surface area contributed by atoms with Crippen LogP contribution in [0.1, 0.15) is 15.9 Å². The molecule has 1 N–H and O–H groups in total. The molecular formula is C23H17NO. The molecule has 120 valence electrons. The minimum atomic E-state index is 0.00453. The number of hydrogen-bond donors (Lipinski definition) is 1. The third-order valence-electron chi connectivity index (χ3n) is 4.31. The summed E-state index contributed by atoms with van der Waals surface area (Å²) >= 11 is 0. The van der Waals surface area contributed by atoms with E-state index in [1.807, 2.05) is 79.0 Å². The van der Waals surface area contributed by atoms with E-state index in [1.165, 1.54) is 0 Å². The Labute approximate surface area is 146 Å². The number of hydrogen-bond acceptors (Lipinski definition) is 1. The predicted molar refractivity (Wildman–Crippen MR) is 104 cm³/mol. The fraction of sp³-hybridized carbons (Fsp3) is 0. The van der Waals surface area contributed by atoms with Gasteiger partial charge in [-0.1, -0.05) is 72.8 Å². The van der Waals surface area contributed by atoms with E-state index in [1.54, 1.807) is 6.08 Å². The van der Waals surface area contributed by atoms with Gasteiger partial charge in [0.1, 0.15) is 0 Å². The first-order chi connectivity index (χ1) is 12.3. The van der Waals surface area contributed by atoms with Crippen molar-refractivity contribution in [2.24, 2.45) is 0 Å². The molecule has 1 aromatic heterocycles. The Kier molecular flexibility index (Phi) is 4.01. The van der Waals surface area contributed by atoms with Crippen LogP contribution < -0.4 is 0 Å². The second kappa shape index (κ2) is 6.62. The van der Waals surface area contributed by atoms with Crippen LogP contribution in [0.4, 0.5) is 0 Å². The van der Waals surface area contributed by atoms with Gasteiger partial charge in [0.15, 0.2) is 5.78 Å². The van der Waals surface area contributed by atoms with Crippen LogP contribution in [0.3, 0.4) is 0 Å². The van der Waals surface area contributed by atoms with E-state index in [-0.39, 0.29) is 5.78 Å². The maximum atomic E-state index is 12.4. The number of H-pyrrole nitrogens is 1. The van der Waals surface area contributed by atoms with Gasteiger partial charge in [0.25, 0.3) is 0 Å². The van der Waals surface area contributed by atoms with Gasteiger partial charge in [-0.05, 0) is 34.9 Å². The first-order valence-electron chi connectivity index (χ1n) is 8.25. The summed E-state index contributed by atoms with van der Waals surface area (Å²) in [5, 5.41) is 1.12. The molecule has 0 spiro atoms. The number of carbonyl (C=O) groups is 1. The molecule has 0 unspecified atom stereocenters. The van der Waals surface area contributed by atoms with Crippen LogP contribution in [0.15, 0.2) is 91.1 Å². The van der Waals surface area contributed by atoms with Gasteiger partial charge >= 0.3 is 0 Å². The van der Waals surface area contributed by atoms with Crippen LogP contribution in [-0.2, 0) is 0 Å². The Hall–Kier alpha value is -3.39. The van der Waals surface area contributed by atoms with E-state index in [0.29, 0.717) is 5.56 Å². The van der Waals surface area contributed by atoms with Gasteiger partial charge in [-0.15, -0.1) is 0 Å². The molecule has 1 heterocycles. The number of rotatable bonds is 4. The highest BCUT2D eigenvalue weighted by molar-refractivity contribution is 6.08. The van der Waals surface area contributed by atoms with Crippen molar-refractivity contribution in [1.82, 2.24) is 4.98 Å². The van der Waals surface area contributed by atoms with E-state index in [9.17, 15) is 4.79 Å². The number of para-hydroxylation sites is 1. The molecule has 25 heavy (non-hydrogen) atoms. The molecule has 0 aliphatic heterocycles. The predicted octanol–water partition coefficient (Wildman–Crippen LogP) is 5.73. The number of allylic oxidation sites excluding steroid dienone is 1. The third-order valence-corrected chi connectivity index (χ3v) is 4.31. The van der Waals surface area contributed by atoms with E-state index in [4.69, 9.17) is 0 Å². The zero-order valence-corrected chi connectivity index (χ0v) is 13.6. The van der Waals surface area contributed by atoms with Gasteiger partial charge in [-0.2, -0.15) is 0 Å². The van der Waals surface area contributed by atoms with Crippen molar-refractivity contribution in [2.45, 2.75) is 0 Å². The summed E-state index contributed by atoms with van der Waals surface area (Å²) in [7, 11) is 0. The van der Waals surface area contributed by atoms with E-state index >= 15 is 0 Å². The molecule has 2 heteroatoms. The molecule has 4 aromatic rings. The third kappa shape index (κ3) is 3.15. The van der Waals surface area contributed by atoms with E-state index < -0.39 is 0 Å². The lowest BCUT2D eigenvalue weighted by molar-refractivity contribution is 0.104. The van der Waals surface area contributed by atoms with Crippen molar-refractivity contribution in [3.05, 3.63) is 102 Å². The summed E-state index contributed by atoms with van der Waals surface area (Å²) in [4.78, 5) is 15.6. The Bertz CT molecular complexity index is 1040. The summed E-state index contributed by atoms with van der Waals surface area (Å²) in [6, 6.07) is 25.9. The molecule has 0 fully saturated rings. The molecule has 0 saturated carbocycles. The topological polar surface area (TPSA) is 32.9 Å². The minimum Gasteiger partial charge on any atom is -0.361 e. The molecule has 0 bridgehead atoms. The summed E-state index contributed by atoms with van der Waals surface area (Å²) in [6.07, 6.45) is 5.42. The monoisotopic (exact) mass is 323 g/mol. The number of nitrogens with one attached hydrogen (secondary N) is 1. The molecule has 0 aliphatic rings. The molecule has 0 radical (unpaired) electrons. The molecule has 0 amide bonds. The van der Waals surface area contributed by atoms with Crippen molar-refractivity contribution in [2.75, 3.05) is 0 Å². The Morgan fingerprint density at radius 2 is 1.44 bits per heavy atom. The zero-order chi connectivity index (χ0) is 17.1. The fourth-order valence-electron chi connectivity index (χ4n) is 2.95. The number of ketones is 1. The lowest BCUT2D eigenvalue weighted by atomic mass is 10.0. The van der Waals surface area contributed by atoms with E-state index in [2.05, 4.69) is 17.1 Å². The molecule has 0 aliphatic carbocycles. The largest absolute Gasteiger partial charge is 0.361 e. The number of fused-ring (bicyclic) bond motifs is 1. The molecule has 4 rings (SSSR count). The molecule has 2 nitrogen and oxygen atoms in total. The average Bonchev–Trinajstić information content (AvgIpc) is 3.10. The van der Waals surface area contributed by atoms with Gasteiger partial charge in [0.05, 0.1) is 0 Å². The van der Waals surface area contributed by atoms with Gasteiger partial charge in [-0.25, -0.2) is 0 Å². The summed E-state index contributed by atoms with van der Waals surface area (Å²) in [5.74, 6) is 0.00453. The van der Waals surface area contributed by atoms with Crippen LogP contribution >= 0.6 is 0 Å². The summed E-state index contributed by atoms with van der Waals surface area (Å²) < 4.78 is 0. The van der Waals surface area contributed by atoms with E-state index in [0.717, 1.165) is 27.6 Å². The minimum absolute atomic E-state index is 0.00453. The van der Waals surface area contributed by atoms with Gasteiger partial charge in [0.2, 0.25) is 0 Å². The number of aromatic nitrogens is 1. The van der Waals surface area contributed by atoms with Gasteiger partial charge in [-0.3, -0.25) is 4.79 Å². The fourth-order valence-corrected chi connectivity index (χ4v) is 2.95. The highest BCUT2D eigenvalue weighted by Crippen LogP contribution is 2.21. The second-order valence-electron chi connectivity index (χ2n) is 5.93. The maximum Gasteiger partial charge on any atom is 0.185 e. The zero-order valence-electron chi connectivity index (χ0n) is 13.6. The number of benzene rings is 3. The highest BCUT2D eigenvalue weighted by atomic mass is 16.1. The molecule has 0 atom stereocenters. The van der Waals surface area contributed by atoms with Crippen LogP contribution in [0.25, 0.3) is 28.1 Å². The SMILES string of the molecule is O=C(C=Cc1c[nH]c2ccccc12)c1ccc(-c2ccccc2)cc1. The standard InChI is InChI=1S/C23H17NO/c25-23(15-14-20-16-24-22-9-5-4-8-21(20)22)19-12-10-18(11-13-19)17-6-2-1-3-7-17/h1-16,24H. The lowest BCUT2D eigenvalue weighted by Crippen LogP contribution is -1.93. The normalized spacial score (nSPS) is 11.2. The number of carbonyl (C=O) groups excluding carboxylic acids is 1. The Morgan fingerprint density at radius 1 is 0.760 bits per heavy atom. The van der Waals surface area contributed by atoms with Crippen LogP contribution in [-0.4, -0.2) is 10.8 Å². The van der Waals surface area contributed by atoms with Crippen LogP contribution in [0, 0.1) is 0 Å². The lowest BCUT2D eigenvalue weighted by Gasteiger charge is -2.02. The maximum absolute atomic E-state index is 12.4. The van der Waals surface area contributed by atoms with Crippen molar-refractivity contribution >= 4 is 22.8 Å². The molecule has 3 aromatic carbocycles. The van der Waals surface area contributed by atoms with Crippen molar-refractivity contribution in [1.29, 1.82) is 0 Å². The van der Waals surface area contributed by atoms with Crippen molar-refractivity contribution in [3.63, 3.8) is 0 Å². The first kappa shape index (κ1) is 15.2. The summed E-state index contributed by atoms with van der Waals surface area (Å²) in [6.45, 7) is 0. The van der Waals surface area contributed by atoms with Crippen LogP contribution in [0.2, 0.25) is 0 Å². The Morgan fingerprint density at radius 3 is 2.24 bits per heavy atom. The highest BCUT2D eigenvalue weighted by Gasteiger charge is 2.04. The Balaban J connectivity index is 1.55. The second-order valence-corrected chi connectivity index (χ2v) is 5.93. The number of aromatic amines is 1. The quantitative estimate of drug-likeness (QED) is 0.377. The average molecular weight is 323 g/mol.